The van der Waals surface area contributed by atoms with Crippen LogP contribution in [0.2, 0.25) is 10.3 Å². The fraction of sp³-hybridized carbons (Fsp3) is 0.273. The maximum absolute atomic E-state index is 11.6. The number of carbonyl (C=O) groups excluding carboxylic acids is 1. The molecule has 0 aliphatic carbocycles. The van der Waals surface area contributed by atoms with Crippen LogP contribution in [0.1, 0.15) is 19.4 Å². The van der Waals surface area contributed by atoms with Gasteiger partial charge in [-0.05, 0) is 26.0 Å². The second-order valence-corrected chi connectivity index (χ2v) is 5.14. The predicted molar refractivity (Wildman–Crippen MR) is 69.4 cm³/mol. The van der Waals surface area contributed by atoms with E-state index in [1.165, 1.54) is 0 Å². The van der Waals surface area contributed by atoms with Crippen molar-refractivity contribution in [3.8, 4) is 0 Å². The van der Waals surface area contributed by atoms with Crippen LogP contribution in [-0.2, 0) is 15.3 Å². The molecular weight excluding hydrogens is 298 g/mol. The largest absolute Gasteiger partial charge is 0.431 e. The molecule has 2 heterocycles. The fourth-order valence-corrected chi connectivity index (χ4v) is 2.24. The first kappa shape index (κ1) is 13.5. The summed E-state index contributed by atoms with van der Waals surface area (Å²) in [4.78, 5) is 15.5. The maximum atomic E-state index is 11.6. The number of ether oxygens (including phenoxy) is 1. The van der Waals surface area contributed by atoms with Gasteiger partial charge in [0.05, 0.1) is 0 Å². The lowest BCUT2D eigenvalue weighted by Crippen LogP contribution is -2.46. The third-order valence-corrected chi connectivity index (χ3v) is 3.37. The van der Waals surface area contributed by atoms with Crippen LogP contribution in [0.5, 0.6) is 0 Å². The Hall–Kier alpha value is -0.970. The maximum Gasteiger partial charge on any atom is 0.353 e. The Morgan fingerprint density at radius 3 is 2.33 bits per heavy atom. The van der Waals surface area contributed by atoms with Crippen LogP contribution in [0.15, 0.2) is 22.9 Å². The van der Waals surface area contributed by atoms with Gasteiger partial charge in [0.25, 0.3) is 0 Å². The molecule has 0 spiro atoms. The molecule has 1 N–H and O–H groups in total. The van der Waals surface area contributed by atoms with E-state index in [1.807, 2.05) is 0 Å². The molecule has 1 unspecified atom stereocenters. The van der Waals surface area contributed by atoms with E-state index in [0.717, 1.165) is 0 Å². The molecule has 18 heavy (non-hydrogen) atoms. The average Bonchev–Trinajstić information content (AvgIpc) is 2.24. The van der Waals surface area contributed by atoms with Gasteiger partial charge in [-0.25, -0.2) is 9.78 Å². The number of cyclic esters (lactones) is 1. The van der Waals surface area contributed by atoms with Gasteiger partial charge in [0.15, 0.2) is 0 Å². The molecule has 7 heteroatoms. The molecule has 0 amide bonds. The molecule has 1 aromatic heterocycles. The van der Waals surface area contributed by atoms with Crippen LogP contribution in [0.25, 0.3) is 0 Å². The third-order valence-electron chi connectivity index (χ3n) is 2.54. The van der Waals surface area contributed by atoms with Gasteiger partial charge in [-0.15, -0.1) is 0 Å². The smallest absolute Gasteiger partial charge is 0.353 e. The van der Waals surface area contributed by atoms with E-state index in [0.29, 0.717) is 11.3 Å². The second-order valence-electron chi connectivity index (χ2n) is 3.99. The number of esters is 1. The molecule has 0 saturated heterocycles. The quantitative estimate of drug-likeness (QED) is 0.639. The van der Waals surface area contributed by atoms with E-state index >= 15 is 0 Å². The molecule has 0 fully saturated rings. The summed E-state index contributed by atoms with van der Waals surface area (Å²) in [5, 5.41) is 3.46. The summed E-state index contributed by atoms with van der Waals surface area (Å²) < 4.78 is 5.27. The van der Waals surface area contributed by atoms with Crippen molar-refractivity contribution in [1.29, 1.82) is 0 Å². The number of rotatable bonds is 1. The molecule has 1 aliphatic rings. The van der Waals surface area contributed by atoms with Gasteiger partial charge in [-0.2, -0.15) is 0 Å². The SMILES string of the molecule is CC1=C(Cl)C(=O)OC(C)(c2cc(Cl)nc(Cl)c2)N1. The number of nitrogens with one attached hydrogen (secondary N) is 1. The number of allylic oxidation sites excluding steroid dienone is 1. The molecule has 0 aromatic carbocycles. The van der Waals surface area contributed by atoms with Crippen molar-refractivity contribution in [2.45, 2.75) is 19.6 Å². The summed E-state index contributed by atoms with van der Waals surface area (Å²) in [5.74, 6) is -0.598. The average molecular weight is 308 g/mol. The minimum absolute atomic E-state index is 0.0266. The predicted octanol–water partition coefficient (Wildman–Crippen LogP) is 3.18. The van der Waals surface area contributed by atoms with Crippen molar-refractivity contribution >= 4 is 40.8 Å². The second kappa shape index (κ2) is 4.61. The molecule has 1 aromatic rings. The minimum atomic E-state index is -1.07. The van der Waals surface area contributed by atoms with E-state index in [1.54, 1.807) is 26.0 Å². The van der Waals surface area contributed by atoms with E-state index in [-0.39, 0.29) is 15.3 Å². The molecule has 0 bridgehead atoms. The van der Waals surface area contributed by atoms with Crippen LogP contribution >= 0.6 is 34.8 Å². The number of nitrogens with zero attached hydrogens (tertiary/aromatic N) is 1. The van der Waals surface area contributed by atoms with Gasteiger partial charge in [-0.3, -0.25) is 0 Å². The Balaban J connectivity index is 2.47. The Labute approximate surface area is 119 Å². The lowest BCUT2D eigenvalue weighted by atomic mass is 10.0. The summed E-state index contributed by atoms with van der Waals surface area (Å²) in [5.41, 5.74) is 0.0410. The van der Waals surface area contributed by atoms with Crippen molar-refractivity contribution in [2.75, 3.05) is 0 Å². The highest BCUT2D eigenvalue weighted by Crippen LogP contribution is 2.32. The zero-order valence-electron chi connectivity index (χ0n) is 9.55. The number of hydrogen-bond donors (Lipinski definition) is 1. The fourth-order valence-electron chi connectivity index (χ4n) is 1.69. The van der Waals surface area contributed by atoms with Crippen LogP contribution in [-0.4, -0.2) is 11.0 Å². The Kier molecular flexibility index (Phi) is 3.45. The van der Waals surface area contributed by atoms with Crippen LogP contribution in [0.4, 0.5) is 0 Å². The van der Waals surface area contributed by atoms with Gasteiger partial charge < -0.3 is 10.1 Å². The first-order valence-electron chi connectivity index (χ1n) is 5.03. The molecule has 2 rings (SSSR count). The van der Waals surface area contributed by atoms with Crippen molar-refractivity contribution in [3.63, 3.8) is 0 Å². The highest BCUT2D eigenvalue weighted by atomic mass is 35.5. The summed E-state index contributed by atoms with van der Waals surface area (Å²) in [6.07, 6.45) is 0. The van der Waals surface area contributed by atoms with Crippen LogP contribution in [0, 0.1) is 0 Å². The third kappa shape index (κ3) is 2.41. The van der Waals surface area contributed by atoms with Gasteiger partial charge in [0, 0.05) is 11.3 Å². The van der Waals surface area contributed by atoms with Gasteiger partial charge in [-0.1, -0.05) is 34.8 Å². The van der Waals surface area contributed by atoms with E-state index < -0.39 is 11.7 Å². The van der Waals surface area contributed by atoms with Gasteiger partial charge >= 0.3 is 5.97 Å². The monoisotopic (exact) mass is 306 g/mol. The Morgan fingerprint density at radius 1 is 1.28 bits per heavy atom. The number of aromatic nitrogens is 1. The minimum Gasteiger partial charge on any atom is -0.431 e. The molecule has 0 saturated carbocycles. The van der Waals surface area contributed by atoms with Crippen LogP contribution < -0.4 is 5.32 Å². The lowest BCUT2D eigenvalue weighted by molar-refractivity contribution is -0.159. The number of halogens is 3. The summed E-state index contributed by atoms with van der Waals surface area (Å²) in [6.45, 7) is 3.37. The topological polar surface area (TPSA) is 51.2 Å². The molecular formula is C11H9Cl3N2O2. The first-order chi connectivity index (χ1) is 8.32. The Morgan fingerprint density at radius 2 is 1.83 bits per heavy atom. The van der Waals surface area contributed by atoms with Crippen molar-refractivity contribution in [1.82, 2.24) is 10.3 Å². The van der Waals surface area contributed by atoms with Crippen LogP contribution in [0.3, 0.4) is 0 Å². The van der Waals surface area contributed by atoms with Crippen molar-refractivity contribution in [3.05, 3.63) is 38.7 Å². The normalized spacial score (nSPS) is 23.7. The first-order valence-corrected chi connectivity index (χ1v) is 6.17. The molecule has 1 atom stereocenters. The van der Waals surface area contributed by atoms with Crippen molar-refractivity contribution < 1.29 is 9.53 Å². The molecule has 1 aliphatic heterocycles. The number of pyridine rings is 1. The zero-order valence-corrected chi connectivity index (χ0v) is 11.8. The van der Waals surface area contributed by atoms with E-state index in [2.05, 4.69) is 10.3 Å². The lowest BCUT2D eigenvalue weighted by Gasteiger charge is -2.35. The zero-order chi connectivity index (χ0) is 13.5. The van der Waals surface area contributed by atoms with Crippen molar-refractivity contribution in [2.24, 2.45) is 0 Å². The van der Waals surface area contributed by atoms with Gasteiger partial charge in [0.1, 0.15) is 15.3 Å². The molecule has 0 radical (unpaired) electrons. The molecule has 96 valence electrons. The summed E-state index contributed by atoms with van der Waals surface area (Å²) in [6, 6.07) is 3.14. The highest BCUT2D eigenvalue weighted by Gasteiger charge is 2.37. The standard InChI is InChI=1S/C11H9Cl3N2O2/c1-5-9(14)10(17)18-11(2,16-5)6-3-7(12)15-8(13)4-6/h3-4,16H,1-2H3. The summed E-state index contributed by atoms with van der Waals surface area (Å²) in [7, 11) is 0. The summed E-state index contributed by atoms with van der Waals surface area (Å²) >= 11 is 17.4. The Bertz CT molecular complexity index is 539. The van der Waals surface area contributed by atoms with Gasteiger partial charge in [0.2, 0.25) is 5.72 Å². The van der Waals surface area contributed by atoms with E-state index in [9.17, 15) is 4.79 Å². The molecule has 4 nitrogen and oxygen atoms in total. The number of hydrogen-bond acceptors (Lipinski definition) is 4. The number of carbonyl (C=O) groups is 1. The highest BCUT2D eigenvalue weighted by molar-refractivity contribution is 6.41. The van der Waals surface area contributed by atoms with E-state index in [4.69, 9.17) is 39.5 Å².